The van der Waals surface area contributed by atoms with E-state index in [1.165, 1.54) is 0 Å². The van der Waals surface area contributed by atoms with E-state index in [-0.39, 0.29) is 5.60 Å². The van der Waals surface area contributed by atoms with E-state index in [4.69, 9.17) is 100 Å². The van der Waals surface area contributed by atoms with E-state index in [0.717, 1.165) is 130 Å². The number of halogens is 7. The molecule has 0 saturated heterocycles. The molecule has 0 heterocycles. The van der Waals surface area contributed by atoms with Crippen LogP contribution in [0.5, 0.6) is 23.0 Å². The van der Waals surface area contributed by atoms with Crippen molar-refractivity contribution in [2.24, 2.45) is 0 Å². The van der Waals surface area contributed by atoms with Crippen LogP contribution in [0.3, 0.4) is 0 Å². The Kier molecular flexibility index (Phi) is 23.2. The summed E-state index contributed by atoms with van der Waals surface area (Å²) in [5.74, 6) is 2.20. The van der Waals surface area contributed by atoms with Crippen molar-refractivity contribution in [1.82, 2.24) is 0 Å². The number of hydrogen-bond donors (Lipinski definition) is 0. The van der Waals surface area contributed by atoms with E-state index in [2.05, 4.69) is 81.5 Å². The first-order valence-electron chi connectivity index (χ1n) is 24.8. The fourth-order valence-electron chi connectivity index (χ4n) is 8.92. The molecular formula is C58H75Cl7O4. The standard InChI is InChI=1S/C58H75Cl7O4/c1-12-18-20-23-27-57(14-3,15-4)68-51-39(7)31-40(32-44(51)59)55(8,9)41-33-45(60)53(46(61)34-41)67-30-26-22-24-28-58(16-5,17-6)69-54-49(64)37-43(38-50(54)65)56(10,11)42-35-47(62)52(48(63)36-42)66-29-25-21-19-13-2/h12-13,31-38H,1-2,14-30H2,3-11H3. The zero-order chi connectivity index (χ0) is 51.2. The fraction of sp³-hybridized carbons (Fsp3) is 0.517. The first kappa shape index (κ1) is 59.2. The molecule has 0 unspecified atom stereocenters. The summed E-state index contributed by atoms with van der Waals surface area (Å²) < 4.78 is 25.8. The van der Waals surface area contributed by atoms with E-state index in [1.54, 1.807) is 0 Å². The van der Waals surface area contributed by atoms with Gasteiger partial charge in [0, 0.05) is 10.8 Å². The largest absolute Gasteiger partial charge is 0.490 e. The number of aryl methyl sites for hydroxylation is 1. The van der Waals surface area contributed by atoms with Crippen molar-refractivity contribution in [1.29, 1.82) is 0 Å². The first-order chi connectivity index (χ1) is 32.7. The summed E-state index contributed by atoms with van der Waals surface area (Å²) in [5.41, 5.74) is 3.07. The van der Waals surface area contributed by atoms with Gasteiger partial charge < -0.3 is 18.9 Å². The summed E-state index contributed by atoms with van der Waals surface area (Å²) in [6.07, 6.45) is 17.7. The predicted molar refractivity (Wildman–Crippen MR) is 300 cm³/mol. The number of allylic oxidation sites excluding steroid dienone is 2. The summed E-state index contributed by atoms with van der Waals surface area (Å²) >= 11 is 48.3. The van der Waals surface area contributed by atoms with Crippen LogP contribution < -0.4 is 18.9 Å². The lowest BCUT2D eigenvalue weighted by Gasteiger charge is -2.35. The van der Waals surface area contributed by atoms with Crippen molar-refractivity contribution < 1.29 is 18.9 Å². The Morgan fingerprint density at radius 2 is 0.725 bits per heavy atom. The van der Waals surface area contributed by atoms with Gasteiger partial charge in [0.05, 0.1) is 48.4 Å². The Bertz CT molecular complexity index is 2240. The number of ether oxygens (including phenoxy) is 4. The lowest BCUT2D eigenvalue weighted by molar-refractivity contribution is 0.0477. The lowest BCUT2D eigenvalue weighted by atomic mass is 9.77. The van der Waals surface area contributed by atoms with Crippen LogP contribution in [0.1, 0.15) is 180 Å². The Labute approximate surface area is 450 Å². The van der Waals surface area contributed by atoms with Gasteiger partial charge in [0.25, 0.3) is 0 Å². The van der Waals surface area contributed by atoms with Gasteiger partial charge >= 0.3 is 0 Å². The van der Waals surface area contributed by atoms with Crippen LogP contribution in [0.15, 0.2) is 73.8 Å². The molecule has 0 radical (unpaired) electrons. The summed E-state index contributed by atoms with van der Waals surface area (Å²) in [6.45, 7) is 27.8. The molecule has 0 bridgehead atoms. The molecule has 0 N–H and O–H groups in total. The quantitative estimate of drug-likeness (QED) is 0.0385. The third-order valence-electron chi connectivity index (χ3n) is 14.2. The highest BCUT2D eigenvalue weighted by Crippen LogP contribution is 2.47. The van der Waals surface area contributed by atoms with Gasteiger partial charge in [-0.25, -0.2) is 0 Å². The van der Waals surface area contributed by atoms with Crippen LogP contribution in [-0.4, -0.2) is 24.4 Å². The second-order valence-corrected chi connectivity index (χ2v) is 22.3. The first-order valence-corrected chi connectivity index (χ1v) is 27.5. The molecule has 0 atom stereocenters. The van der Waals surface area contributed by atoms with Crippen molar-refractivity contribution >= 4 is 81.2 Å². The Morgan fingerprint density at radius 1 is 0.420 bits per heavy atom. The SMILES string of the molecule is C=CCCCCOc1c(Cl)cc(C(C)(C)c2cc(Cl)c(OC(CC)(CC)CCCCCOc3c(Cl)cc(C(C)(C)c4cc(C)c(OC(CC)(CC)CCCCC=C)c(Cl)c4)cc3Cl)c(Cl)c2)cc1Cl. The molecule has 0 aromatic heterocycles. The monoisotopic (exact) mass is 1080 g/mol. The highest BCUT2D eigenvalue weighted by molar-refractivity contribution is 6.38. The van der Waals surface area contributed by atoms with E-state index < -0.39 is 16.4 Å². The lowest BCUT2D eigenvalue weighted by Crippen LogP contribution is -2.35. The minimum atomic E-state index is -0.539. The van der Waals surface area contributed by atoms with Crippen LogP contribution in [-0.2, 0) is 10.8 Å². The van der Waals surface area contributed by atoms with Crippen molar-refractivity contribution in [3.63, 3.8) is 0 Å². The molecule has 0 aliphatic heterocycles. The number of benzene rings is 4. The van der Waals surface area contributed by atoms with E-state index in [0.29, 0.717) is 65.6 Å². The minimum absolute atomic E-state index is 0.270. The van der Waals surface area contributed by atoms with Crippen molar-refractivity contribution in [3.05, 3.63) is 137 Å². The molecule has 0 amide bonds. The van der Waals surface area contributed by atoms with Crippen molar-refractivity contribution in [2.75, 3.05) is 13.2 Å². The topological polar surface area (TPSA) is 36.9 Å². The second-order valence-electron chi connectivity index (χ2n) is 19.5. The van der Waals surface area contributed by atoms with Gasteiger partial charge in [0.15, 0.2) is 17.2 Å². The molecule has 11 heteroatoms. The zero-order valence-corrected chi connectivity index (χ0v) is 47.8. The van der Waals surface area contributed by atoms with Crippen LogP contribution in [0.25, 0.3) is 0 Å². The molecule has 0 aliphatic carbocycles. The summed E-state index contributed by atoms with van der Waals surface area (Å²) in [7, 11) is 0. The molecule has 0 spiro atoms. The van der Waals surface area contributed by atoms with E-state index in [1.807, 2.05) is 54.6 Å². The average molecular weight is 1080 g/mol. The number of rotatable bonds is 30. The number of hydrogen-bond acceptors (Lipinski definition) is 4. The van der Waals surface area contributed by atoms with Gasteiger partial charge in [-0.3, -0.25) is 0 Å². The molecule has 0 saturated carbocycles. The maximum absolute atomic E-state index is 7.03. The molecular weight excluding hydrogens is 1010 g/mol. The highest BCUT2D eigenvalue weighted by Gasteiger charge is 2.34. The Hall–Kier alpha value is -2.41. The van der Waals surface area contributed by atoms with Crippen LogP contribution in [0, 0.1) is 6.92 Å². The van der Waals surface area contributed by atoms with Gasteiger partial charge in [-0.15, -0.1) is 13.2 Å². The second kappa shape index (κ2) is 27.0. The van der Waals surface area contributed by atoms with Crippen molar-refractivity contribution in [3.8, 4) is 23.0 Å². The molecule has 4 aromatic carbocycles. The smallest absolute Gasteiger partial charge is 0.157 e. The maximum Gasteiger partial charge on any atom is 0.157 e. The predicted octanol–water partition coefficient (Wildman–Crippen LogP) is 21.2. The molecule has 380 valence electrons. The summed E-state index contributed by atoms with van der Waals surface area (Å²) in [5, 5.41) is 3.34. The summed E-state index contributed by atoms with van der Waals surface area (Å²) in [6, 6.07) is 15.7. The molecule has 69 heavy (non-hydrogen) atoms. The van der Waals surface area contributed by atoms with Gasteiger partial charge in [-0.05, 0) is 174 Å². The molecule has 0 aliphatic rings. The van der Waals surface area contributed by atoms with Crippen molar-refractivity contribution in [2.45, 2.75) is 181 Å². The molecule has 0 fully saturated rings. The van der Waals surface area contributed by atoms with Crippen LogP contribution in [0.4, 0.5) is 0 Å². The van der Waals surface area contributed by atoms with E-state index in [9.17, 15) is 0 Å². The maximum atomic E-state index is 7.03. The molecule has 4 nitrogen and oxygen atoms in total. The highest BCUT2D eigenvalue weighted by atomic mass is 35.5. The van der Waals surface area contributed by atoms with Gasteiger partial charge in [-0.2, -0.15) is 0 Å². The fourth-order valence-corrected chi connectivity index (χ4v) is 11.0. The Morgan fingerprint density at radius 3 is 1.09 bits per heavy atom. The number of unbranched alkanes of at least 4 members (excludes halogenated alkanes) is 6. The minimum Gasteiger partial charge on any atom is -0.490 e. The summed E-state index contributed by atoms with van der Waals surface area (Å²) in [4.78, 5) is 0. The Balaban J connectivity index is 1.37. The third kappa shape index (κ3) is 15.3. The molecule has 4 aromatic rings. The van der Waals surface area contributed by atoms with Crippen LogP contribution in [0.2, 0.25) is 35.2 Å². The van der Waals surface area contributed by atoms with E-state index >= 15 is 0 Å². The van der Waals surface area contributed by atoms with Gasteiger partial charge in [-0.1, -0.05) is 155 Å². The van der Waals surface area contributed by atoms with Gasteiger partial charge in [0.2, 0.25) is 0 Å². The molecule has 4 rings (SSSR count). The third-order valence-corrected chi connectivity index (χ3v) is 16.2. The average Bonchev–Trinajstić information content (AvgIpc) is 3.31. The van der Waals surface area contributed by atoms with Gasteiger partial charge in [0.1, 0.15) is 17.0 Å². The normalized spacial score (nSPS) is 12.3. The zero-order valence-electron chi connectivity index (χ0n) is 42.5. The van der Waals surface area contributed by atoms with Crippen LogP contribution >= 0.6 is 81.2 Å².